The lowest BCUT2D eigenvalue weighted by molar-refractivity contribution is 0.209. The third-order valence-corrected chi connectivity index (χ3v) is 3.32. The Bertz CT molecular complexity index is 395. The SMILES string of the molecule is CC1(C)CNC(CO)CN1c1ccccc1F. The summed E-state index contributed by atoms with van der Waals surface area (Å²) < 4.78 is 13.8. The minimum Gasteiger partial charge on any atom is -0.395 e. The number of aliphatic hydroxyl groups is 1. The Balaban J connectivity index is 2.30. The summed E-state index contributed by atoms with van der Waals surface area (Å²) in [6.45, 7) is 5.55. The van der Waals surface area contributed by atoms with Crippen molar-refractivity contribution in [3.8, 4) is 0 Å². The van der Waals surface area contributed by atoms with Crippen LogP contribution in [-0.2, 0) is 0 Å². The van der Waals surface area contributed by atoms with E-state index in [4.69, 9.17) is 0 Å². The van der Waals surface area contributed by atoms with Gasteiger partial charge in [-0.2, -0.15) is 0 Å². The van der Waals surface area contributed by atoms with E-state index in [1.807, 2.05) is 11.0 Å². The highest BCUT2D eigenvalue weighted by atomic mass is 19.1. The van der Waals surface area contributed by atoms with Gasteiger partial charge < -0.3 is 15.3 Å². The topological polar surface area (TPSA) is 35.5 Å². The average molecular weight is 238 g/mol. The number of para-hydroxylation sites is 1. The minimum atomic E-state index is -0.209. The number of hydrogen-bond donors (Lipinski definition) is 2. The third kappa shape index (κ3) is 2.42. The maximum absolute atomic E-state index is 13.8. The van der Waals surface area contributed by atoms with E-state index < -0.39 is 0 Å². The number of rotatable bonds is 2. The first-order valence-electron chi connectivity index (χ1n) is 5.91. The highest BCUT2D eigenvalue weighted by Gasteiger charge is 2.34. The zero-order valence-corrected chi connectivity index (χ0v) is 10.3. The molecule has 3 nitrogen and oxygen atoms in total. The smallest absolute Gasteiger partial charge is 0.146 e. The fraction of sp³-hybridized carbons (Fsp3) is 0.538. The molecule has 1 aliphatic rings. The van der Waals surface area contributed by atoms with Crippen molar-refractivity contribution in [2.24, 2.45) is 0 Å². The second-order valence-electron chi connectivity index (χ2n) is 5.13. The van der Waals surface area contributed by atoms with Gasteiger partial charge in [-0.1, -0.05) is 12.1 Å². The van der Waals surface area contributed by atoms with Crippen LogP contribution in [0.25, 0.3) is 0 Å². The number of benzene rings is 1. The molecule has 1 atom stereocenters. The summed E-state index contributed by atoms with van der Waals surface area (Å²) in [5, 5.41) is 12.5. The summed E-state index contributed by atoms with van der Waals surface area (Å²) >= 11 is 0. The van der Waals surface area contributed by atoms with Gasteiger partial charge in [0.25, 0.3) is 0 Å². The van der Waals surface area contributed by atoms with Crippen LogP contribution in [0.5, 0.6) is 0 Å². The second kappa shape index (κ2) is 4.63. The van der Waals surface area contributed by atoms with Gasteiger partial charge in [0.05, 0.1) is 12.3 Å². The van der Waals surface area contributed by atoms with Gasteiger partial charge in [0.15, 0.2) is 0 Å². The third-order valence-electron chi connectivity index (χ3n) is 3.32. The van der Waals surface area contributed by atoms with Gasteiger partial charge in [-0.3, -0.25) is 0 Å². The Kier molecular flexibility index (Phi) is 3.35. The molecule has 1 aromatic carbocycles. The Labute approximate surface area is 101 Å². The van der Waals surface area contributed by atoms with Crippen molar-refractivity contribution in [2.75, 3.05) is 24.6 Å². The molecule has 1 aromatic rings. The van der Waals surface area contributed by atoms with Crippen molar-refractivity contribution in [1.29, 1.82) is 0 Å². The molecule has 0 bridgehead atoms. The normalized spacial score (nSPS) is 23.8. The minimum absolute atomic E-state index is 0.00244. The van der Waals surface area contributed by atoms with Crippen molar-refractivity contribution >= 4 is 5.69 Å². The molecule has 17 heavy (non-hydrogen) atoms. The number of hydrogen-bond acceptors (Lipinski definition) is 3. The first kappa shape index (κ1) is 12.3. The van der Waals surface area contributed by atoms with E-state index in [1.165, 1.54) is 6.07 Å². The van der Waals surface area contributed by atoms with Gasteiger partial charge in [-0.25, -0.2) is 4.39 Å². The van der Waals surface area contributed by atoms with E-state index in [0.29, 0.717) is 12.2 Å². The maximum atomic E-state index is 13.8. The average Bonchev–Trinajstić information content (AvgIpc) is 2.30. The van der Waals surface area contributed by atoms with Crippen LogP contribution in [-0.4, -0.2) is 36.4 Å². The van der Waals surface area contributed by atoms with Gasteiger partial charge in [0.2, 0.25) is 0 Å². The fourth-order valence-electron chi connectivity index (χ4n) is 2.24. The molecule has 1 aliphatic heterocycles. The maximum Gasteiger partial charge on any atom is 0.146 e. The predicted molar refractivity (Wildman–Crippen MR) is 66.7 cm³/mol. The largest absolute Gasteiger partial charge is 0.395 e. The van der Waals surface area contributed by atoms with E-state index in [-0.39, 0.29) is 24.0 Å². The molecule has 0 saturated carbocycles. The van der Waals surface area contributed by atoms with Crippen LogP contribution in [0.1, 0.15) is 13.8 Å². The Hall–Kier alpha value is -1.13. The van der Waals surface area contributed by atoms with Crippen LogP contribution in [0.3, 0.4) is 0 Å². The molecule has 0 radical (unpaired) electrons. The number of aliphatic hydroxyl groups excluding tert-OH is 1. The molecule has 0 amide bonds. The quantitative estimate of drug-likeness (QED) is 0.817. The van der Waals surface area contributed by atoms with E-state index in [0.717, 1.165) is 6.54 Å². The lowest BCUT2D eigenvalue weighted by atomic mass is 9.96. The molecule has 2 rings (SSSR count). The van der Waals surface area contributed by atoms with Crippen molar-refractivity contribution in [3.63, 3.8) is 0 Å². The predicted octanol–water partition coefficient (Wildman–Crippen LogP) is 1.37. The van der Waals surface area contributed by atoms with Crippen molar-refractivity contribution < 1.29 is 9.50 Å². The Morgan fingerprint density at radius 3 is 2.82 bits per heavy atom. The van der Waals surface area contributed by atoms with Gasteiger partial charge in [0, 0.05) is 24.7 Å². The van der Waals surface area contributed by atoms with E-state index in [9.17, 15) is 9.50 Å². The summed E-state index contributed by atoms with van der Waals surface area (Å²) in [5.41, 5.74) is 0.450. The molecule has 1 saturated heterocycles. The van der Waals surface area contributed by atoms with Crippen LogP contribution in [0.15, 0.2) is 24.3 Å². The molecule has 0 aromatic heterocycles. The molecule has 0 spiro atoms. The van der Waals surface area contributed by atoms with Crippen LogP contribution in [0.4, 0.5) is 10.1 Å². The summed E-state index contributed by atoms with van der Waals surface area (Å²) in [6.07, 6.45) is 0. The molecule has 0 aliphatic carbocycles. The monoisotopic (exact) mass is 238 g/mol. The van der Waals surface area contributed by atoms with Crippen LogP contribution >= 0.6 is 0 Å². The standard InChI is InChI=1S/C13H19FN2O/c1-13(2)9-15-10(8-17)7-16(13)12-6-4-3-5-11(12)14/h3-6,10,15,17H,7-9H2,1-2H3. The van der Waals surface area contributed by atoms with Crippen LogP contribution in [0, 0.1) is 5.82 Å². The summed E-state index contributed by atoms with van der Waals surface area (Å²) in [7, 11) is 0. The highest BCUT2D eigenvalue weighted by molar-refractivity contribution is 5.51. The van der Waals surface area contributed by atoms with Crippen LogP contribution < -0.4 is 10.2 Å². The molecule has 2 N–H and O–H groups in total. The van der Waals surface area contributed by atoms with Gasteiger partial charge >= 0.3 is 0 Å². The first-order chi connectivity index (χ1) is 8.04. The fourth-order valence-corrected chi connectivity index (χ4v) is 2.24. The summed E-state index contributed by atoms with van der Waals surface area (Å²) in [4.78, 5) is 2.03. The molecular weight excluding hydrogens is 219 g/mol. The van der Waals surface area contributed by atoms with Gasteiger partial charge in [0.1, 0.15) is 5.82 Å². The molecule has 94 valence electrons. The number of halogens is 1. The lowest BCUT2D eigenvalue weighted by Gasteiger charge is -2.47. The Morgan fingerprint density at radius 1 is 1.47 bits per heavy atom. The number of piperazine rings is 1. The first-order valence-corrected chi connectivity index (χ1v) is 5.91. The van der Waals surface area contributed by atoms with Gasteiger partial charge in [-0.15, -0.1) is 0 Å². The Morgan fingerprint density at radius 2 is 2.18 bits per heavy atom. The number of anilines is 1. The lowest BCUT2D eigenvalue weighted by Crippen LogP contribution is -2.63. The summed E-state index contributed by atoms with van der Waals surface area (Å²) in [6, 6.07) is 6.79. The van der Waals surface area contributed by atoms with E-state index >= 15 is 0 Å². The van der Waals surface area contributed by atoms with Crippen molar-refractivity contribution in [2.45, 2.75) is 25.4 Å². The number of nitrogens with zero attached hydrogens (tertiary/aromatic N) is 1. The molecular formula is C13H19FN2O. The van der Waals surface area contributed by atoms with Crippen LogP contribution in [0.2, 0.25) is 0 Å². The molecule has 1 heterocycles. The van der Waals surface area contributed by atoms with Crippen molar-refractivity contribution in [1.82, 2.24) is 5.32 Å². The molecule has 4 heteroatoms. The van der Waals surface area contributed by atoms with E-state index in [2.05, 4.69) is 19.2 Å². The second-order valence-corrected chi connectivity index (χ2v) is 5.13. The van der Waals surface area contributed by atoms with Crippen molar-refractivity contribution in [3.05, 3.63) is 30.1 Å². The molecule has 1 unspecified atom stereocenters. The van der Waals surface area contributed by atoms with Gasteiger partial charge in [-0.05, 0) is 26.0 Å². The highest BCUT2D eigenvalue weighted by Crippen LogP contribution is 2.28. The zero-order valence-electron chi connectivity index (χ0n) is 10.3. The summed E-state index contributed by atoms with van der Waals surface area (Å²) in [5.74, 6) is -0.209. The number of nitrogens with one attached hydrogen (secondary N) is 1. The van der Waals surface area contributed by atoms with E-state index in [1.54, 1.807) is 12.1 Å². The molecule has 1 fully saturated rings. The zero-order chi connectivity index (χ0) is 12.5.